The van der Waals surface area contributed by atoms with E-state index >= 15 is 0 Å². The van der Waals surface area contributed by atoms with Crippen molar-refractivity contribution in [3.63, 3.8) is 0 Å². The summed E-state index contributed by atoms with van der Waals surface area (Å²) in [7, 11) is 0. The molecule has 0 saturated heterocycles. The number of hydrogen-bond acceptors (Lipinski definition) is 3. The zero-order valence-corrected chi connectivity index (χ0v) is 7.83. The number of alkyl halides is 3. The topological polar surface area (TPSA) is 59.1 Å². The van der Waals surface area contributed by atoms with Crippen molar-refractivity contribution in [2.24, 2.45) is 0 Å². The van der Waals surface area contributed by atoms with Crippen LogP contribution in [0.25, 0.3) is 0 Å². The second-order valence-electron chi connectivity index (χ2n) is 3.23. The second-order valence-corrected chi connectivity index (χ2v) is 3.23. The molecule has 3 nitrogen and oxygen atoms in total. The summed E-state index contributed by atoms with van der Waals surface area (Å²) in [6, 6.07) is 3.11. The maximum absolute atomic E-state index is 11.9. The normalized spacial score (nSPS) is 13.9. The number of aliphatic hydroxyl groups is 1. The van der Waals surface area contributed by atoms with Crippen molar-refractivity contribution in [2.45, 2.75) is 25.1 Å². The molecule has 0 aliphatic carbocycles. The zero-order valence-electron chi connectivity index (χ0n) is 7.83. The maximum Gasteiger partial charge on any atom is 0.391 e. The van der Waals surface area contributed by atoms with Gasteiger partial charge in [0, 0.05) is 12.6 Å². The summed E-state index contributed by atoms with van der Waals surface area (Å²) in [5.41, 5.74) is 5.85. The molecule has 1 heterocycles. The molecule has 0 aliphatic heterocycles. The molecule has 0 fully saturated rings. The van der Waals surface area contributed by atoms with E-state index in [9.17, 15) is 13.2 Å². The lowest BCUT2D eigenvalue weighted by Gasteiger charge is -2.13. The molecule has 1 unspecified atom stereocenters. The van der Waals surface area contributed by atoms with Gasteiger partial charge in [-0.2, -0.15) is 13.2 Å². The van der Waals surface area contributed by atoms with E-state index in [1.807, 2.05) is 0 Å². The highest BCUT2D eigenvalue weighted by Gasteiger charge is 2.31. The minimum atomic E-state index is -4.36. The largest absolute Gasteiger partial charge is 0.392 e. The molecule has 1 aromatic rings. The summed E-state index contributed by atoms with van der Waals surface area (Å²) in [5.74, 6) is 0.152. The lowest BCUT2D eigenvalue weighted by atomic mass is 10.1. The van der Waals surface area contributed by atoms with Gasteiger partial charge in [-0.3, -0.25) is 0 Å². The smallest absolute Gasteiger partial charge is 0.391 e. The summed E-state index contributed by atoms with van der Waals surface area (Å²) >= 11 is 0. The quantitative estimate of drug-likeness (QED) is 0.811. The van der Waals surface area contributed by atoms with Gasteiger partial charge >= 0.3 is 6.18 Å². The van der Waals surface area contributed by atoms with E-state index in [-0.39, 0.29) is 12.2 Å². The molecule has 0 bridgehead atoms. The van der Waals surface area contributed by atoms with Gasteiger partial charge in [-0.05, 0) is 11.6 Å². The third kappa shape index (κ3) is 4.16. The van der Waals surface area contributed by atoms with Crippen LogP contribution in [0.3, 0.4) is 0 Å². The standard InChI is InChI=1S/C9H11F3N2O/c10-9(11,12)5-7(15)4-6-2-1-3-14-8(6)13/h1-3,7,15H,4-5H2,(H2,13,14). The van der Waals surface area contributed by atoms with E-state index < -0.39 is 18.7 Å². The van der Waals surface area contributed by atoms with Crippen molar-refractivity contribution in [3.8, 4) is 0 Å². The highest BCUT2D eigenvalue weighted by molar-refractivity contribution is 5.38. The third-order valence-electron chi connectivity index (χ3n) is 1.85. The van der Waals surface area contributed by atoms with Crippen LogP contribution in [0, 0.1) is 0 Å². The molecule has 0 spiro atoms. The van der Waals surface area contributed by atoms with E-state index in [1.165, 1.54) is 6.20 Å². The van der Waals surface area contributed by atoms with E-state index in [0.717, 1.165) is 0 Å². The van der Waals surface area contributed by atoms with Gasteiger partial charge in [-0.25, -0.2) is 4.98 Å². The Morgan fingerprint density at radius 1 is 1.47 bits per heavy atom. The minimum absolute atomic E-state index is 0.140. The van der Waals surface area contributed by atoms with E-state index in [0.29, 0.717) is 5.56 Å². The Labute approximate surface area is 84.7 Å². The van der Waals surface area contributed by atoms with Gasteiger partial charge in [0.05, 0.1) is 12.5 Å². The van der Waals surface area contributed by atoms with Crippen LogP contribution < -0.4 is 5.73 Å². The number of aromatic nitrogens is 1. The molecule has 6 heteroatoms. The van der Waals surface area contributed by atoms with Crippen LogP contribution in [0.15, 0.2) is 18.3 Å². The molecular weight excluding hydrogens is 209 g/mol. The third-order valence-corrected chi connectivity index (χ3v) is 1.85. The Bertz CT molecular complexity index is 327. The Balaban J connectivity index is 2.59. The number of pyridine rings is 1. The molecule has 0 aliphatic rings. The Hall–Kier alpha value is -1.30. The molecule has 1 aromatic heterocycles. The van der Waals surface area contributed by atoms with Crippen molar-refractivity contribution >= 4 is 5.82 Å². The van der Waals surface area contributed by atoms with Gasteiger partial charge in [-0.1, -0.05) is 6.07 Å². The molecular formula is C9H11F3N2O. The van der Waals surface area contributed by atoms with Crippen LogP contribution in [0.5, 0.6) is 0 Å². The van der Waals surface area contributed by atoms with Crippen molar-refractivity contribution in [2.75, 3.05) is 5.73 Å². The number of nitrogens with two attached hydrogens (primary N) is 1. The number of anilines is 1. The van der Waals surface area contributed by atoms with Gasteiger partial charge in [-0.15, -0.1) is 0 Å². The average molecular weight is 220 g/mol. The Kier molecular flexibility index (Phi) is 3.52. The summed E-state index contributed by atoms with van der Waals surface area (Å²) in [4.78, 5) is 3.71. The van der Waals surface area contributed by atoms with E-state index in [2.05, 4.69) is 4.98 Å². The zero-order chi connectivity index (χ0) is 11.5. The van der Waals surface area contributed by atoms with Crippen molar-refractivity contribution in [3.05, 3.63) is 23.9 Å². The first kappa shape index (κ1) is 11.8. The monoisotopic (exact) mass is 220 g/mol. The summed E-state index contributed by atoms with van der Waals surface area (Å²) in [5, 5.41) is 9.16. The van der Waals surface area contributed by atoms with Crippen LogP contribution in [0.2, 0.25) is 0 Å². The van der Waals surface area contributed by atoms with Gasteiger partial charge in [0.2, 0.25) is 0 Å². The van der Waals surface area contributed by atoms with Crippen LogP contribution in [0.4, 0.5) is 19.0 Å². The first-order valence-electron chi connectivity index (χ1n) is 4.32. The fraction of sp³-hybridized carbons (Fsp3) is 0.444. The summed E-state index contributed by atoms with van der Waals surface area (Å²) in [6.07, 6.45) is -5.78. The number of rotatable bonds is 3. The maximum atomic E-state index is 11.9. The summed E-state index contributed by atoms with van der Waals surface area (Å²) in [6.45, 7) is 0. The highest BCUT2D eigenvalue weighted by Crippen LogP contribution is 2.23. The van der Waals surface area contributed by atoms with E-state index in [1.54, 1.807) is 12.1 Å². The molecule has 15 heavy (non-hydrogen) atoms. The molecule has 0 saturated carbocycles. The molecule has 1 atom stereocenters. The number of aliphatic hydroxyl groups excluding tert-OH is 1. The SMILES string of the molecule is Nc1ncccc1CC(O)CC(F)(F)F. The number of nitrogen functional groups attached to an aromatic ring is 1. The lowest BCUT2D eigenvalue weighted by molar-refractivity contribution is -0.153. The number of halogens is 3. The lowest BCUT2D eigenvalue weighted by Crippen LogP contribution is -2.21. The fourth-order valence-electron chi connectivity index (χ4n) is 1.22. The van der Waals surface area contributed by atoms with Gasteiger partial charge in [0.15, 0.2) is 0 Å². The van der Waals surface area contributed by atoms with Crippen LogP contribution >= 0.6 is 0 Å². The second kappa shape index (κ2) is 4.48. The van der Waals surface area contributed by atoms with Crippen molar-refractivity contribution < 1.29 is 18.3 Å². The average Bonchev–Trinajstić information content (AvgIpc) is 2.05. The van der Waals surface area contributed by atoms with Crippen molar-refractivity contribution in [1.82, 2.24) is 4.98 Å². The molecule has 0 amide bonds. The highest BCUT2D eigenvalue weighted by atomic mass is 19.4. The molecule has 1 rings (SSSR count). The van der Waals surface area contributed by atoms with Crippen LogP contribution in [-0.2, 0) is 6.42 Å². The first-order chi connectivity index (χ1) is 6.88. The fourth-order valence-corrected chi connectivity index (χ4v) is 1.22. The van der Waals surface area contributed by atoms with Crippen LogP contribution in [0.1, 0.15) is 12.0 Å². The minimum Gasteiger partial charge on any atom is -0.392 e. The van der Waals surface area contributed by atoms with Gasteiger partial charge < -0.3 is 10.8 Å². The number of nitrogens with zero attached hydrogens (tertiary/aromatic N) is 1. The predicted molar refractivity (Wildman–Crippen MR) is 49.0 cm³/mol. The predicted octanol–water partition coefficient (Wildman–Crippen LogP) is 1.52. The number of hydrogen-bond donors (Lipinski definition) is 2. The van der Waals surface area contributed by atoms with Gasteiger partial charge in [0.25, 0.3) is 0 Å². The van der Waals surface area contributed by atoms with Crippen molar-refractivity contribution in [1.29, 1.82) is 0 Å². The van der Waals surface area contributed by atoms with Gasteiger partial charge in [0.1, 0.15) is 5.82 Å². The molecule has 84 valence electrons. The van der Waals surface area contributed by atoms with Crippen LogP contribution in [-0.4, -0.2) is 22.4 Å². The molecule has 3 N–H and O–H groups in total. The Morgan fingerprint density at radius 2 is 2.13 bits per heavy atom. The Morgan fingerprint density at radius 3 is 2.67 bits per heavy atom. The molecule has 0 radical (unpaired) electrons. The first-order valence-corrected chi connectivity index (χ1v) is 4.32. The molecule has 0 aromatic carbocycles. The summed E-state index contributed by atoms with van der Waals surface area (Å²) < 4.78 is 35.7. The van der Waals surface area contributed by atoms with E-state index in [4.69, 9.17) is 10.8 Å².